The topological polar surface area (TPSA) is 75.6 Å². The first-order chi connectivity index (χ1) is 11.5. The maximum absolute atomic E-state index is 11.7. The van der Waals surface area contributed by atoms with Crippen molar-refractivity contribution < 1.29 is 13.2 Å². The Balaban J connectivity index is 1.57. The highest BCUT2D eigenvalue weighted by molar-refractivity contribution is 7.88. The minimum Gasteiger partial charge on any atom is -0.380 e. The highest BCUT2D eigenvalue weighted by Gasteiger charge is 2.30. The lowest BCUT2D eigenvalue weighted by Gasteiger charge is -2.37. The second-order valence-electron chi connectivity index (χ2n) is 6.73. The van der Waals surface area contributed by atoms with Crippen molar-refractivity contribution in [2.75, 3.05) is 45.6 Å². The van der Waals surface area contributed by atoms with Crippen LogP contribution >= 0.6 is 0 Å². The number of piperidine rings is 1. The van der Waals surface area contributed by atoms with Crippen LogP contribution in [0.2, 0.25) is 0 Å². The predicted molar refractivity (Wildman–Crippen MR) is 91.1 cm³/mol. The molecule has 1 atom stereocenters. The summed E-state index contributed by atoms with van der Waals surface area (Å²) in [5.74, 6) is 0.412. The molecule has 2 aliphatic rings. The Labute approximate surface area is 144 Å². The Hall–Kier alpha value is -1.09. The largest absolute Gasteiger partial charge is 0.380 e. The molecule has 1 aromatic rings. The number of hydrogen-bond acceptors (Lipinski definition) is 6. The van der Waals surface area contributed by atoms with Crippen LogP contribution in [0.3, 0.4) is 0 Å². The van der Waals surface area contributed by atoms with E-state index in [0.29, 0.717) is 25.0 Å². The van der Waals surface area contributed by atoms with Crippen molar-refractivity contribution in [3.05, 3.63) is 24.3 Å². The van der Waals surface area contributed by atoms with Gasteiger partial charge in [0, 0.05) is 50.0 Å². The van der Waals surface area contributed by atoms with Gasteiger partial charge in [0.25, 0.3) is 0 Å². The lowest BCUT2D eigenvalue weighted by molar-refractivity contribution is 0.113. The molecule has 8 heteroatoms. The monoisotopic (exact) mass is 354 g/mol. The second kappa shape index (κ2) is 7.86. The quantitative estimate of drug-likeness (QED) is 0.779. The summed E-state index contributed by atoms with van der Waals surface area (Å²) in [6, 6.07) is 2.40. The first-order valence-corrected chi connectivity index (χ1v) is 10.4. The van der Waals surface area contributed by atoms with Crippen LogP contribution in [0.15, 0.2) is 18.6 Å². The van der Waals surface area contributed by atoms with Crippen molar-refractivity contribution >= 4 is 10.0 Å². The van der Waals surface area contributed by atoms with Gasteiger partial charge in [-0.15, -0.1) is 0 Å². The highest BCUT2D eigenvalue weighted by Crippen LogP contribution is 2.22. The molecule has 0 bridgehead atoms. The van der Waals surface area contributed by atoms with E-state index in [9.17, 15) is 8.42 Å². The minimum atomic E-state index is -3.06. The van der Waals surface area contributed by atoms with Crippen molar-refractivity contribution in [3.8, 4) is 0 Å². The van der Waals surface area contributed by atoms with Crippen LogP contribution < -0.4 is 0 Å². The van der Waals surface area contributed by atoms with Crippen LogP contribution in [-0.2, 0) is 21.2 Å². The Morgan fingerprint density at radius 3 is 2.75 bits per heavy atom. The molecule has 2 saturated heterocycles. The molecule has 2 fully saturated rings. The summed E-state index contributed by atoms with van der Waals surface area (Å²) in [5, 5.41) is 0. The van der Waals surface area contributed by atoms with Gasteiger partial charge < -0.3 is 4.74 Å². The fourth-order valence-electron chi connectivity index (χ4n) is 3.64. The van der Waals surface area contributed by atoms with Crippen LogP contribution in [0.25, 0.3) is 0 Å². The molecule has 24 heavy (non-hydrogen) atoms. The van der Waals surface area contributed by atoms with Gasteiger partial charge in [0.1, 0.15) is 6.33 Å². The number of ether oxygens (including phenoxy) is 1. The zero-order chi connectivity index (χ0) is 17.0. The molecule has 2 aliphatic heterocycles. The maximum atomic E-state index is 11.7. The molecule has 0 spiro atoms. The summed E-state index contributed by atoms with van der Waals surface area (Å²) in [4.78, 5) is 10.8. The number of nitrogens with zero attached hydrogens (tertiary/aromatic N) is 4. The van der Waals surface area contributed by atoms with Crippen LogP contribution in [0.4, 0.5) is 0 Å². The van der Waals surface area contributed by atoms with Crippen molar-refractivity contribution in [2.24, 2.45) is 5.92 Å². The molecule has 3 rings (SSSR count). The number of hydrogen-bond donors (Lipinski definition) is 0. The fourth-order valence-corrected chi connectivity index (χ4v) is 4.51. The molecule has 0 saturated carbocycles. The molecule has 7 nitrogen and oxygen atoms in total. The summed E-state index contributed by atoms with van der Waals surface area (Å²) in [7, 11) is -3.06. The van der Waals surface area contributed by atoms with Crippen molar-refractivity contribution in [3.63, 3.8) is 0 Å². The third-order valence-corrected chi connectivity index (χ3v) is 6.22. The van der Waals surface area contributed by atoms with Crippen LogP contribution in [0.1, 0.15) is 18.5 Å². The molecule has 0 radical (unpaired) electrons. The molecule has 0 unspecified atom stereocenters. The van der Waals surface area contributed by atoms with E-state index in [2.05, 4.69) is 14.9 Å². The molecule has 0 aromatic carbocycles. The average Bonchev–Trinajstić information content (AvgIpc) is 2.81. The fraction of sp³-hybridized carbons (Fsp3) is 0.750. The van der Waals surface area contributed by atoms with Gasteiger partial charge in [-0.05, 0) is 25.3 Å². The lowest BCUT2D eigenvalue weighted by Crippen LogP contribution is -2.48. The van der Waals surface area contributed by atoms with E-state index < -0.39 is 10.0 Å². The van der Waals surface area contributed by atoms with Crippen LogP contribution in [0.5, 0.6) is 0 Å². The summed E-state index contributed by atoms with van der Waals surface area (Å²) in [6.07, 6.45) is 7.34. The molecule has 1 aromatic heterocycles. The van der Waals surface area contributed by atoms with Crippen molar-refractivity contribution in [2.45, 2.75) is 25.3 Å². The van der Waals surface area contributed by atoms with Crippen molar-refractivity contribution in [1.82, 2.24) is 19.2 Å². The zero-order valence-corrected chi connectivity index (χ0v) is 15.0. The summed E-state index contributed by atoms with van der Waals surface area (Å²) in [5.41, 5.74) is 1.05. The standard InChI is InChI=1S/C16H26N4O3S/c1-24(21,22)20-6-3-16(4-7-20)19-8-9-23-12-14(11-19)10-15-2-5-17-13-18-15/h2,5,13-14,16H,3-4,6-12H2,1H3/t14-/m1/s1. The Kier molecular flexibility index (Phi) is 5.80. The van der Waals surface area contributed by atoms with Gasteiger partial charge in [-0.25, -0.2) is 22.7 Å². The van der Waals surface area contributed by atoms with E-state index in [0.717, 1.165) is 51.3 Å². The van der Waals surface area contributed by atoms with Crippen LogP contribution in [-0.4, -0.2) is 79.3 Å². The van der Waals surface area contributed by atoms with Gasteiger partial charge in [-0.2, -0.15) is 0 Å². The van der Waals surface area contributed by atoms with Gasteiger partial charge in [0.2, 0.25) is 10.0 Å². The molecular formula is C16H26N4O3S. The van der Waals surface area contributed by atoms with E-state index in [1.165, 1.54) is 6.26 Å². The van der Waals surface area contributed by atoms with E-state index in [1.54, 1.807) is 16.8 Å². The third-order valence-electron chi connectivity index (χ3n) is 4.92. The van der Waals surface area contributed by atoms with Crippen molar-refractivity contribution in [1.29, 1.82) is 0 Å². The Morgan fingerprint density at radius 2 is 2.08 bits per heavy atom. The lowest BCUT2D eigenvalue weighted by atomic mass is 9.99. The van der Waals surface area contributed by atoms with E-state index >= 15 is 0 Å². The third kappa shape index (κ3) is 4.72. The number of rotatable bonds is 4. The maximum Gasteiger partial charge on any atom is 0.211 e. The van der Waals surface area contributed by atoms with E-state index in [1.807, 2.05) is 6.07 Å². The number of aromatic nitrogens is 2. The SMILES string of the molecule is CS(=O)(=O)N1CCC(N2CCOC[C@H](Cc3ccncn3)C2)CC1. The second-order valence-corrected chi connectivity index (χ2v) is 8.72. The van der Waals surface area contributed by atoms with Gasteiger partial charge in [0.05, 0.1) is 19.5 Å². The van der Waals surface area contributed by atoms with Crippen LogP contribution in [0, 0.1) is 5.92 Å². The van der Waals surface area contributed by atoms with E-state index in [-0.39, 0.29) is 0 Å². The summed E-state index contributed by atoms with van der Waals surface area (Å²) >= 11 is 0. The molecule has 0 aliphatic carbocycles. The first kappa shape index (κ1) is 17.7. The van der Waals surface area contributed by atoms with E-state index in [4.69, 9.17) is 4.74 Å². The smallest absolute Gasteiger partial charge is 0.211 e. The average molecular weight is 354 g/mol. The Bertz CT molecular complexity index is 617. The number of sulfonamides is 1. The molecule has 0 amide bonds. The zero-order valence-electron chi connectivity index (χ0n) is 14.2. The highest BCUT2D eigenvalue weighted by atomic mass is 32.2. The molecule has 0 N–H and O–H groups in total. The first-order valence-electron chi connectivity index (χ1n) is 8.54. The van der Waals surface area contributed by atoms with Gasteiger partial charge >= 0.3 is 0 Å². The molecule has 3 heterocycles. The normalized spacial score (nSPS) is 25.5. The predicted octanol–water partition coefficient (Wildman–Crippen LogP) is 0.392. The summed E-state index contributed by atoms with van der Waals surface area (Å²) in [6.45, 7) is 4.64. The molecular weight excluding hydrogens is 328 g/mol. The summed E-state index contributed by atoms with van der Waals surface area (Å²) < 4.78 is 30.7. The van der Waals surface area contributed by atoms with Gasteiger partial charge in [-0.1, -0.05) is 0 Å². The minimum absolute atomic E-state index is 0.412. The Morgan fingerprint density at radius 1 is 1.29 bits per heavy atom. The molecule has 134 valence electrons. The van der Waals surface area contributed by atoms with Gasteiger partial charge in [-0.3, -0.25) is 4.90 Å². The van der Waals surface area contributed by atoms with Gasteiger partial charge in [0.15, 0.2) is 0 Å².